The van der Waals surface area contributed by atoms with E-state index in [4.69, 9.17) is 0 Å². The van der Waals surface area contributed by atoms with E-state index < -0.39 is 0 Å². The van der Waals surface area contributed by atoms with Gasteiger partial charge in [-0.3, -0.25) is 19.3 Å². The third-order valence-corrected chi connectivity index (χ3v) is 7.71. The lowest BCUT2D eigenvalue weighted by molar-refractivity contribution is -0.141. The molecule has 6 heteroatoms. The summed E-state index contributed by atoms with van der Waals surface area (Å²) in [6.07, 6.45) is 6.47. The molecule has 6 nitrogen and oxygen atoms in total. The normalized spacial score (nSPS) is 32.1. The Bertz CT molecular complexity index is 910. The number of benzene rings is 1. The van der Waals surface area contributed by atoms with E-state index in [1.165, 1.54) is 16.2 Å². The van der Waals surface area contributed by atoms with Crippen molar-refractivity contribution in [3.63, 3.8) is 0 Å². The van der Waals surface area contributed by atoms with Crippen molar-refractivity contribution in [1.82, 2.24) is 9.80 Å². The van der Waals surface area contributed by atoms with Gasteiger partial charge in [0.2, 0.25) is 17.7 Å². The van der Waals surface area contributed by atoms with Crippen molar-refractivity contribution in [1.29, 1.82) is 0 Å². The maximum Gasteiger partial charge on any atom is 0.233 e. The summed E-state index contributed by atoms with van der Waals surface area (Å²) >= 11 is 0. The fourth-order valence-electron chi connectivity index (χ4n) is 6.10. The second-order valence-corrected chi connectivity index (χ2v) is 9.64. The highest BCUT2D eigenvalue weighted by atomic mass is 16.2. The molecule has 0 aromatic heterocycles. The van der Waals surface area contributed by atoms with Crippen LogP contribution in [0.2, 0.25) is 0 Å². The minimum atomic E-state index is -0.191. The van der Waals surface area contributed by atoms with Gasteiger partial charge in [-0.25, -0.2) is 0 Å². The van der Waals surface area contributed by atoms with E-state index >= 15 is 0 Å². The summed E-state index contributed by atoms with van der Waals surface area (Å²) in [5, 5.41) is 0. The van der Waals surface area contributed by atoms with E-state index in [9.17, 15) is 14.4 Å². The Morgan fingerprint density at radius 2 is 1.71 bits per heavy atom. The van der Waals surface area contributed by atoms with Crippen molar-refractivity contribution in [3.05, 3.63) is 42.0 Å². The van der Waals surface area contributed by atoms with E-state index in [1.807, 2.05) is 4.90 Å². The summed E-state index contributed by atoms with van der Waals surface area (Å²) in [5.74, 6) is -0.0646. The van der Waals surface area contributed by atoms with Crippen LogP contribution in [0.15, 0.2) is 36.4 Å². The molecule has 2 heterocycles. The number of carbonyl (C=O) groups excluding carboxylic acids is 3. The number of fused-ring (bicyclic) bond motifs is 1. The lowest BCUT2D eigenvalue weighted by Crippen LogP contribution is -2.54. The van der Waals surface area contributed by atoms with Crippen molar-refractivity contribution in [3.8, 4) is 0 Å². The van der Waals surface area contributed by atoms with Crippen LogP contribution in [0.3, 0.4) is 0 Å². The van der Waals surface area contributed by atoms with Crippen molar-refractivity contribution in [2.75, 3.05) is 31.1 Å². The molecule has 0 radical (unpaired) electrons. The van der Waals surface area contributed by atoms with Crippen LogP contribution in [0.25, 0.3) is 0 Å². The molecule has 1 saturated carbocycles. The number of amides is 3. The molecule has 164 valence electrons. The number of allylic oxidation sites excluding steroid dienone is 2. The SMILES string of the molecule is Cc1cccc(N2CCN(C(=O)CCN3C(=O)[C@H]4[C@H](C3=O)[C@H]3C=C[C@H]4CC3)C[C@@H]2C)c1. The van der Waals surface area contributed by atoms with Crippen molar-refractivity contribution in [2.45, 2.75) is 39.2 Å². The van der Waals surface area contributed by atoms with Crippen LogP contribution in [-0.4, -0.2) is 59.7 Å². The first-order chi connectivity index (χ1) is 14.9. The molecule has 2 bridgehead atoms. The van der Waals surface area contributed by atoms with E-state index in [-0.39, 0.29) is 60.4 Å². The van der Waals surface area contributed by atoms with Crippen LogP contribution in [0.1, 0.15) is 31.7 Å². The molecule has 6 rings (SSSR count). The number of hydrogen-bond donors (Lipinski definition) is 0. The molecule has 0 unspecified atom stereocenters. The highest BCUT2D eigenvalue weighted by molar-refractivity contribution is 6.06. The maximum absolute atomic E-state index is 12.9. The largest absolute Gasteiger partial charge is 0.365 e. The van der Waals surface area contributed by atoms with Gasteiger partial charge in [-0.15, -0.1) is 0 Å². The zero-order valence-electron chi connectivity index (χ0n) is 18.4. The van der Waals surface area contributed by atoms with Gasteiger partial charge in [-0.05, 0) is 56.2 Å². The first-order valence-corrected chi connectivity index (χ1v) is 11.6. The lowest BCUT2D eigenvalue weighted by Gasteiger charge is -2.41. The molecule has 3 fully saturated rings. The third-order valence-electron chi connectivity index (χ3n) is 7.71. The van der Waals surface area contributed by atoms with Gasteiger partial charge in [-0.1, -0.05) is 24.3 Å². The Hall–Kier alpha value is -2.63. The quantitative estimate of drug-likeness (QED) is 0.554. The summed E-state index contributed by atoms with van der Waals surface area (Å²) < 4.78 is 0. The third kappa shape index (κ3) is 3.46. The molecule has 1 aromatic carbocycles. The molecule has 2 saturated heterocycles. The topological polar surface area (TPSA) is 60.9 Å². The number of aryl methyl sites for hydroxylation is 1. The van der Waals surface area contributed by atoms with Crippen molar-refractivity contribution >= 4 is 23.4 Å². The maximum atomic E-state index is 12.9. The number of imide groups is 1. The molecule has 3 aliphatic carbocycles. The van der Waals surface area contributed by atoms with Gasteiger partial charge in [0.15, 0.2) is 0 Å². The van der Waals surface area contributed by atoms with Crippen LogP contribution < -0.4 is 4.90 Å². The van der Waals surface area contributed by atoms with Crippen LogP contribution in [0.4, 0.5) is 5.69 Å². The molecule has 0 spiro atoms. The average molecular weight is 422 g/mol. The van der Waals surface area contributed by atoms with Crippen LogP contribution in [-0.2, 0) is 14.4 Å². The van der Waals surface area contributed by atoms with Gasteiger partial charge in [0.25, 0.3) is 0 Å². The fraction of sp³-hybridized carbons (Fsp3) is 0.560. The minimum absolute atomic E-state index is 0.0345. The number of hydrogen-bond acceptors (Lipinski definition) is 4. The Balaban J connectivity index is 1.18. The summed E-state index contributed by atoms with van der Waals surface area (Å²) in [6.45, 7) is 6.56. The molecule has 1 aromatic rings. The number of nitrogens with zero attached hydrogens (tertiary/aromatic N) is 3. The average Bonchev–Trinajstić information content (AvgIpc) is 3.05. The molecular weight excluding hydrogens is 390 g/mol. The van der Waals surface area contributed by atoms with E-state index in [0.717, 1.165) is 19.4 Å². The van der Waals surface area contributed by atoms with Crippen LogP contribution in [0.5, 0.6) is 0 Å². The number of rotatable bonds is 4. The zero-order valence-corrected chi connectivity index (χ0v) is 18.4. The summed E-state index contributed by atoms with van der Waals surface area (Å²) in [7, 11) is 0. The Labute approximate surface area is 183 Å². The number of carbonyl (C=O) groups is 3. The van der Waals surface area contributed by atoms with Gasteiger partial charge in [0.1, 0.15) is 0 Å². The second-order valence-electron chi connectivity index (χ2n) is 9.64. The molecule has 5 atom stereocenters. The molecule has 5 aliphatic rings. The van der Waals surface area contributed by atoms with Gasteiger partial charge in [0, 0.05) is 44.3 Å². The van der Waals surface area contributed by atoms with E-state index in [1.54, 1.807) is 0 Å². The summed E-state index contributed by atoms with van der Waals surface area (Å²) in [5.41, 5.74) is 2.42. The molecule has 31 heavy (non-hydrogen) atoms. The second kappa shape index (κ2) is 7.81. The minimum Gasteiger partial charge on any atom is -0.365 e. The first kappa shape index (κ1) is 20.3. The lowest BCUT2D eigenvalue weighted by atomic mass is 9.63. The number of piperazine rings is 1. The fourth-order valence-corrected chi connectivity index (χ4v) is 6.10. The van der Waals surface area contributed by atoms with E-state index in [2.05, 4.69) is 55.2 Å². The Morgan fingerprint density at radius 3 is 2.29 bits per heavy atom. The van der Waals surface area contributed by atoms with Gasteiger partial charge in [0.05, 0.1) is 11.8 Å². The van der Waals surface area contributed by atoms with E-state index in [0.29, 0.717) is 13.1 Å². The highest BCUT2D eigenvalue weighted by Crippen LogP contribution is 2.49. The number of likely N-dealkylation sites (tertiary alicyclic amines) is 1. The Morgan fingerprint density at radius 1 is 1.03 bits per heavy atom. The highest BCUT2D eigenvalue weighted by Gasteiger charge is 2.56. The number of anilines is 1. The summed E-state index contributed by atoms with van der Waals surface area (Å²) in [4.78, 5) is 44.4. The molecule has 3 amide bonds. The molecular formula is C25H31N3O3. The van der Waals surface area contributed by atoms with Gasteiger partial charge in [-0.2, -0.15) is 0 Å². The summed E-state index contributed by atoms with van der Waals surface area (Å²) in [6, 6.07) is 8.68. The predicted octanol–water partition coefficient (Wildman–Crippen LogP) is 2.62. The predicted molar refractivity (Wildman–Crippen MR) is 118 cm³/mol. The first-order valence-electron chi connectivity index (χ1n) is 11.6. The van der Waals surface area contributed by atoms with Gasteiger partial charge >= 0.3 is 0 Å². The van der Waals surface area contributed by atoms with Crippen LogP contribution in [0, 0.1) is 30.6 Å². The zero-order chi connectivity index (χ0) is 21.7. The smallest absolute Gasteiger partial charge is 0.233 e. The molecule has 2 aliphatic heterocycles. The van der Waals surface area contributed by atoms with Crippen molar-refractivity contribution < 1.29 is 14.4 Å². The van der Waals surface area contributed by atoms with Gasteiger partial charge < -0.3 is 9.80 Å². The molecule has 0 N–H and O–H groups in total. The monoisotopic (exact) mass is 421 g/mol. The van der Waals surface area contributed by atoms with Crippen LogP contribution >= 0.6 is 0 Å². The standard InChI is InChI=1S/C25H31N3O3/c1-16-4-3-5-20(14-16)27-13-12-26(15-17(27)2)21(29)10-11-28-24(30)22-18-6-7-19(9-8-18)23(22)25(28)31/h3-7,14,17-19,22-23H,8-13,15H2,1-2H3/t17-,18-,19-,22+,23+/m0/s1. The Kier molecular flexibility index (Phi) is 5.11. The van der Waals surface area contributed by atoms with Crippen molar-refractivity contribution in [2.24, 2.45) is 23.7 Å².